The SMILES string of the molecule is CCC(C)c1ccc(N(Cc2ccc(OCc3ccccc3)cc2)C(=N)N)cc1.Cl. The second-order valence-corrected chi connectivity index (χ2v) is 7.29. The Kier molecular flexibility index (Phi) is 8.75. The number of hydrogen-bond acceptors (Lipinski definition) is 2. The third-order valence-electron chi connectivity index (χ3n) is 5.19. The van der Waals surface area contributed by atoms with E-state index in [1.54, 1.807) is 4.90 Å². The van der Waals surface area contributed by atoms with Crippen LogP contribution < -0.4 is 15.4 Å². The van der Waals surface area contributed by atoms with Gasteiger partial charge in [-0.3, -0.25) is 5.41 Å². The van der Waals surface area contributed by atoms with Gasteiger partial charge in [0, 0.05) is 5.69 Å². The van der Waals surface area contributed by atoms with Crippen molar-refractivity contribution in [1.29, 1.82) is 5.41 Å². The Morgan fingerprint density at radius 1 is 0.933 bits per heavy atom. The minimum Gasteiger partial charge on any atom is -0.489 e. The van der Waals surface area contributed by atoms with Crippen LogP contribution in [0.15, 0.2) is 78.9 Å². The van der Waals surface area contributed by atoms with Gasteiger partial charge in [-0.15, -0.1) is 12.4 Å². The number of nitrogens with zero attached hydrogens (tertiary/aromatic N) is 1. The van der Waals surface area contributed by atoms with E-state index in [4.69, 9.17) is 15.9 Å². The lowest BCUT2D eigenvalue weighted by Gasteiger charge is -2.23. The quantitative estimate of drug-likeness (QED) is 0.340. The van der Waals surface area contributed by atoms with Gasteiger partial charge in [-0.25, -0.2) is 0 Å². The van der Waals surface area contributed by atoms with Crippen molar-refractivity contribution in [3.8, 4) is 5.75 Å². The molecule has 0 aromatic heterocycles. The predicted molar refractivity (Wildman–Crippen MR) is 128 cm³/mol. The van der Waals surface area contributed by atoms with E-state index in [0.29, 0.717) is 19.1 Å². The van der Waals surface area contributed by atoms with Gasteiger partial charge >= 0.3 is 0 Å². The van der Waals surface area contributed by atoms with Crippen LogP contribution in [-0.2, 0) is 13.2 Å². The predicted octanol–water partition coefficient (Wildman–Crippen LogP) is 6.10. The molecule has 3 aromatic rings. The molecule has 0 heterocycles. The zero-order chi connectivity index (χ0) is 20.6. The molecular weight excluding hydrogens is 394 g/mol. The molecule has 0 aliphatic rings. The highest BCUT2D eigenvalue weighted by Gasteiger charge is 2.12. The summed E-state index contributed by atoms with van der Waals surface area (Å²) in [6.45, 7) is 5.49. The molecule has 3 N–H and O–H groups in total. The van der Waals surface area contributed by atoms with Gasteiger partial charge in [-0.2, -0.15) is 0 Å². The van der Waals surface area contributed by atoms with E-state index in [0.717, 1.165) is 29.0 Å². The molecule has 158 valence electrons. The van der Waals surface area contributed by atoms with Crippen LogP contribution in [0.4, 0.5) is 5.69 Å². The maximum absolute atomic E-state index is 8.00. The fourth-order valence-electron chi connectivity index (χ4n) is 3.15. The molecule has 0 amide bonds. The first-order chi connectivity index (χ1) is 14.1. The van der Waals surface area contributed by atoms with Gasteiger partial charge in [-0.05, 0) is 53.3 Å². The van der Waals surface area contributed by atoms with Crippen LogP contribution >= 0.6 is 12.4 Å². The highest BCUT2D eigenvalue weighted by atomic mass is 35.5. The first-order valence-electron chi connectivity index (χ1n) is 10.0. The molecule has 0 saturated heterocycles. The summed E-state index contributed by atoms with van der Waals surface area (Å²) in [5.74, 6) is 1.38. The number of benzene rings is 3. The van der Waals surface area contributed by atoms with Crippen molar-refractivity contribution in [3.05, 3.63) is 95.6 Å². The van der Waals surface area contributed by atoms with Crippen molar-refractivity contribution in [1.82, 2.24) is 0 Å². The number of guanidine groups is 1. The molecule has 0 spiro atoms. The fraction of sp³-hybridized carbons (Fsp3) is 0.240. The van der Waals surface area contributed by atoms with Gasteiger partial charge in [0.05, 0.1) is 6.54 Å². The van der Waals surface area contributed by atoms with E-state index in [-0.39, 0.29) is 18.4 Å². The Morgan fingerprint density at radius 2 is 1.57 bits per heavy atom. The lowest BCUT2D eigenvalue weighted by Crippen LogP contribution is -2.35. The van der Waals surface area contributed by atoms with Gasteiger partial charge in [0.15, 0.2) is 5.96 Å². The Morgan fingerprint density at radius 3 is 2.13 bits per heavy atom. The number of nitrogens with two attached hydrogens (primary N) is 1. The number of rotatable bonds is 8. The Bertz CT molecular complexity index is 911. The molecule has 0 radical (unpaired) electrons. The first kappa shape index (κ1) is 23.3. The normalized spacial score (nSPS) is 11.3. The van der Waals surface area contributed by atoms with Crippen LogP contribution in [0.25, 0.3) is 0 Å². The number of ether oxygens (including phenoxy) is 1. The number of hydrogen-bond donors (Lipinski definition) is 2. The highest BCUT2D eigenvalue weighted by molar-refractivity contribution is 5.92. The number of anilines is 1. The Labute approximate surface area is 185 Å². The summed E-state index contributed by atoms with van der Waals surface area (Å²) >= 11 is 0. The van der Waals surface area contributed by atoms with Crippen molar-refractivity contribution >= 4 is 24.1 Å². The second kappa shape index (κ2) is 11.3. The lowest BCUT2D eigenvalue weighted by molar-refractivity contribution is 0.306. The summed E-state index contributed by atoms with van der Waals surface area (Å²) < 4.78 is 5.85. The first-order valence-corrected chi connectivity index (χ1v) is 10.0. The second-order valence-electron chi connectivity index (χ2n) is 7.29. The summed E-state index contributed by atoms with van der Waals surface area (Å²) in [5, 5.41) is 8.00. The van der Waals surface area contributed by atoms with Gasteiger partial charge in [0.25, 0.3) is 0 Å². The fourth-order valence-corrected chi connectivity index (χ4v) is 3.15. The molecule has 30 heavy (non-hydrogen) atoms. The van der Waals surface area contributed by atoms with Crippen molar-refractivity contribution in [2.75, 3.05) is 4.90 Å². The van der Waals surface area contributed by atoms with Crippen molar-refractivity contribution in [2.45, 2.75) is 39.3 Å². The molecule has 0 fully saturated rings. The van der Waals surface area contributed by atoms with Gasteiger partial charge in [0.1, 0.15) is 12.4 Å². The molecule has 0 aliphatic heterocycles. The molecular formula is C25H30ClN3O. The molecule has 0 bridgehead atoms. The van der Waals surface area contributed by atoms with Crippen LogP contribution in [0.5, 0.6) is 5.75 Å². The van der Waals surface area contributed by atoms with Crippen molar-refractivity contribution in [2.24, 2.45) is 5.73 Å². The molecule has 3 rings (SSSR count). The molecule has 1 unspecified atom stereocenters. The van der Waals surface area contributed by atoms with Gasteiger partial charge in [-0.1, -0.05) is 68.4 Å². The zero-order valence-corrected chi connectivity index (χ0v) is 18.4. The molecule has 0 aliphatic carbocycles. The van der Waals surface area contributed by atoms with E-state index in [1.165, 1.54) is 5.56 Å². The minimum absolute atomic E-state index is 0. The standard InChI is InChI=1S/C25H29N3O.ClH/c1-3-19(2)22-11-13-23(14-12-22)28(25(26)27)17-20-9-15-24(16-10-20)29-18-21-7-5-4-6-8-21;/h4-16,19H,3,17-18H2,1-2H3,(H3,26,27);1H. The average Bonchev–Trinajstić information content (AvgIpc) is 2.77. The third-order valence-corrected chi connectivity index (χ3v) is 5.19. The summed E-state index contributed by atoms with van der Waals surface area (Å²) in [6.07, 6.45) is 1.11. The van der Waals surface area contributed by atoms with Crippen LogP contribution in [0, 0.1) is 5.41 Å². The Hall–Kier alpha value is -2.98. The van der Waals surface area contributed by atoms with Crippen LogP contribution in [0.2, 0.25) is 0 Å². The van der Waals surface area contributed by atoms with Gasteiger partial charge < -0.3 is 15.4 Å². The maximum Gasteiger partial charge on any atom is 0.193 e. The van der Waals surface area contributed by atoms with E-state index in [9.17, 15) is 0 Å². The van der Waals surface area contributed by atoms with E-state index in [2.05, 4.69) is 26.0 Å². The highest BCUT2D eigenvalue weighted by Crippen LogP contribution is 2.24. The summed E-state index contributed by atoms with van der Waals surface area (Å²) in [4.78, 5) is 1.81. The maximum atomic E-state index is 8.00. The molecule has 0 saturated carbocycles. The van der Waals surface area contributed by atoms with Gasteiger partial charge in [0.2, 0.25) is 0 Å². The van der Waals surface area contributed by atoms with Crippen molar-refractivity contribution < 1.29 is 4.74 Å². The Balaban J connectivity index is 0.00000320. The third kappa shape index (κ3) is 6.26. The van der Waals surface area contributed by atoms with Crippen molar-refractivity contribution in [3.63, 3.8) is 0 Å². The lowest BCUT2D eigenvalue weighted by atomic mass is 9.98. The van der Waals surface area contributed by atoms with Crippen LogP contribution in [-0.4, -0.2) is 5.96 Å². The van der Waals surface area contributed by atoms with E-state index in [1.807, 2.05) is 66.7 Å². The van der Waals surface area contributed by atoms with Crippen LogP contribution in [0.3, 0.4) is 0 Å². The smallest absolute Gasteiger partial charge is 0.193 e. The summed E-state index contributed by atoms with van der Waals surface area (Å²) in [6, 6.07) is 26.4. The summed E-state index contributed by atoms with van der Waals surface area (Å²) in [5.41, 5.74) is 10.3. The number of halogens is 1. The van der Waals surface area contributed by atoms with E-state index < -0.39 is 0 Å². The zero-order valence-electron chi connectivity index (χ0n) is 17.5. The largest absolute Gasteiger partial charge is 0.489 e. The molecule has 5 heteroatoms. The molecule has 3 aromatic carbocycles. The summed E-state index contributed by atoms with van der Waals surface area (Å²) in [7, 11) is 0. The van der Waals surface area contributed by atoms with Crippen LogP contribution in [0.1, 0.15) is 42.9 Å². The van der Waals surface area contributed by atoms with E-state index >= 15 is 0 Å². The molecule has 1 atom stereocenters. The minimum atomic E-state index is 0. The topological polar surface area (TPSA) is 62.3 Å². The average molecular weight is 424 g/mol. The number of nitrogens with one attached hydrogen (secondary N) is 1. The molecule has 4 nitrogen and oxygen atoms in total. The monoisotopic (exact) mass is 423 g/mol.